The highest BCUT2D eigenvalue weighted by molar-refractivity contribution is 5.90. The fourth-order valence-corrected chi connectivity index (χ4v) is 2.48. The second kappa shape index (κ2) is 6.19. The van der Waals surface area contributed by atoms with Crippen LogP contribution in [0.2, 0.25) is 0 Å². The lowest BCUT2D eigenvalue weighted by molar-refractivity contribution is 0.0168. The first-order valence-corrected chi connectivity index (χ1v) is 6.87. The molecule has 19 heavy (non-hydrogen) atoms. The first-order valence-electron chi connectivity index (χ1n) is 6.87. The van der Waals surface area contributed by atoms with Gasteiger partial charge in [-0.15, -0.1) is 0 Å². The number of nitrogens with zero attached hydrogens (tertiary/aromatic N) is 2. The topological polar surface area (TPSA) is 53.4 Å². The van der Waals surface area contributed by atoms with Gasteiger partial charge >= 0.3 is 5.97 Å². The Morgan fingerprint density at radius 3 is 2.84 bits per heavy atom. The Morgan fingerprint density at radius 2 is 2.21 bits per heavy atom. The van der Waals surface area contributed by atoms with Crippen LogP contribution in [-0.4, -0.2) is 35.6 Å². The minimum Gasteiger partial charge on any atom is -0.459 e. The molecule has 0 saturated heterocycles. The second-order valence-electron chi connectivity index (χ2n) is 5.17. The predicted octanol–water partition coefficient (Wildman–Crippen LogP) is 2.50. The Balaban J connectivity index is 2.02. The number of hydrogen-bond acceptors (Lipinski definition) is 4. The molecule has 1 fully saturated rings. The average Bonchev–Trinajstić information content (AvgIpc) is 3.04. The van der Waals surface area contributed by atoms with Gasteiger partial charge < -0.3 is 9.47 Å². The summed E-state index contributed by atoms with van der Waals surface area (Å²) >= 11 is 0. The molecular weight excluding hydrogens is 244 g/mol. The van der Waals surface area contributed by atoms with E-state index in [2.05, 4.69) is 5.10 Å². The number of hydrogen-bond donors (Lipinski definition) is 0. The van der Waals surface area contributed by atoms with Gasteiger partial charge in [-0.1, -0.05) is 12.8 Å². The van der Waals surface area contributed by atoms with Crippen molar-refractivity contribution in [2.75, 3.05) is 13.7 Å². The van der Waals surface area contributed by atoms with Crippen LogP contribution < -0.4 is 0 Å². The number of aromatic nitrogens is 2. The van der Waals surface area contributed by atoms with Crippen LogP contribution in [0.5, 0.6) is 0 Å². The third-order valence-corrected chi connectivity index (χ3v) is 3.79. The van der Waals surface area contributed by atoms with Gasteiger partial charge in [0.25, 0.3) is 0 Å². The number of methoxy groups -OCH3 is 1. The van der Waals surface area contributed by atoms with E-state index in [0.29, 0.717) is 11.6 Å². The highest BCUT2D eigenvalue weighted by Crippen LogP contribution is 2.30. The Morgan fingerprint density at radius 1 is 1.53 bits per heavy atom. The van der Waals surface area contributed by atoms with E-state index in [0.717, 1.165) is 18.5 Å². The van der Waals surface area contributed by atoms with E-state index >= 15 is 0 Å². The maximum Gasteiger partial charge on any atom is 0.341 e. The first kappa shape index (κ1) is 14.1. The smallest absolute Gasteiger partial charge is 0.341 e. The van der Waals surface area contributed by atoms with E-state index in [1.807, 2.05) is 18.5 Å². The van der Waals surface area contributed by atoms with Gasteiger partial charge in [0, 0.05) is 7.11 Å². The van der Waals surface area contributed by atoms with Crippen molar-refractivity contribution in [2.24, 2.45) is 0 Å². The number of ether oxygens (including phenoxy) is 2. The Bertz CT molecular complexity index is 436. The SMILES string of the molecule is COC(C)COC(=O)c1cnn(C2CCCC2)c1C. The van der Waals surface area contributed by atoms with Crippen molar-refractivity contribution >= 4 is 5.97 Å². The molecule has 0 radical (unpaired) electrons. The molecule has 1 aromatic rings. The zero-order valence-electron chi connectivity index (χ0n) is 11.9. The summed E-state index contributed by atoms with van der Waals surface area (Å²) < 4.78 is 12.3. The van der Waals surface area contributed by atoms with Crippen molar-refractivity contribution in [3.05, 3.63) is 17.5 Å². The van der Waals surface area contributed by atoms with Crippen molar-refractivity contribution in [3.8, 4) is 0 Å². The monoisotopic (exact) mass is 266 g/mol. The predicted molar refractivity (Wildman–Crippen MR) is 71.2 cm³/mol. The van der Waals surface area contributed by atoms with Crippen molar-refractivity contribution in [2.45, 2.75) is 51.7 Å². The molecule has 1 heterocycles. The summed E-state index contributed by atoms with van der Waals surface area (Å²) in [5.41, 5.74) is 1.47. The Hall–Kier alpha value is -1.36. The molecule has 1 atom stereocenters. The molecule has 106 valence electrons. The van der Waals surface area contributed by atoms with Crippen LogP contribution in [0.15, 0.2) is 6.20 Å². The van der Waals surface area contributed by atoms with Crippen LogP contribution in [0.4, 0.5) is 0 Å². The standard InChI is InChI=1S/C14H22N2O3/c1-10(18-3)9-19-14(17)13-8-15-16(11(13)2)12-6-4-5-7-12/h8,10,12H,4-7,9H2,1-3H3. The zero-order chi connectivity index (χ0) is 13.8. The Kier molecular flexibility index (Phi) is 4.58. The third-order valence-electron chi connectivity index (χ3n) is 3.79. The van der Waals surface area contributed by atoms with Gasteiger partial charge in [0.1, 0.15) is 12.2 Å². The van der Waals surface area contributed by atoms with Gasteiger partial charge in [-0.3, -0.25) is 4.68 Å². The number of esters is 1. The lowest BCUT2D eigenvalue weighted by Gasteiger charge is -2.13. The zero-order valence-corrected chi connectivity index (χ0v) is 11.9. The van der Waals surface area contributed by atoms with Gasteiger partial charge in [0.15, 0.2) is 0 Å². The van der Waals surface area contributed by atoms with Gasteiger partial charge in [-0.25, -0.2) is 4.79 Å². The van der Waals surface area contributed by atoms with E-state index in [1.165, 1.54) is 12.8 Å². The van der Waals surface area contributed by atoms with Crippen molar-refractivity contribution < 1.29 is 14.3 Å². The van der Waals surface area contributed by atoms with Crippen LogP contribution >= 0.6 is 0 Å². The van der Waals surface area contributed by atoms with Crippen LogP contribution in [0.25, 0.3) is 0 Å². The molecule has 1 saturated carbocycles. The van der Waals surface area contributed by atoms with Gasteiger partial charge in [-0.05, 0) is 26.7 Å². The lowest BCUT2D eigenvalue weighted by atomic mass is 10.2. The molecule has 0 N–H and O–H groups in total. The lowest BCUT2D eigenvalue weighted by Crippen LogP contribution is -2.18. The maximum absolute atomic E-state index is 12.0. The molecule has 0 aromatic carbocycles. The van der Waals surface area contributed by atoms with Crippen molar-refractivity contribution in [1.29, 1.82) is 0 Å². The van der Waals surface area contributed by atoms with E-state index in [-0.39, 0.29) is 18.7 Å². The summed E-state index contributed by atoms with van der Waals surface area (Å²) in [7, 11) is 1.60. The van der Waals surface area contributed by atoms with Gasteiger partial charge in [0.2, 0.25) is 0 Å². The quantitative estimate of drug-likeness (QED) is 0.768. The number of carbonyl (C=O) groups is 1. The molecule has 0 amide bonds. The van der Waals surface area contributed by atoms with Gasteiger partial charge in [-0.2, -0.15) is 5.10 Å². The molecule has 0 bridgehead atoms. The normalized spacial score (nSPS) is 17.6. The summed E-state index contributed by atoms with van der Waals surface area (Å²) in [6.07, 6.45) is 6.32. The highest BCUT2D eigenvalue weighted by atomic mass is 16.6. The van der Waals surface area contributed by atoms with Crippen LogP contribution in [0.3, 0.4) is 0 Å². The summed E-state index contributed by atoms with van der Waals surface area (Å²) in [5.74, 6) is -0.314. The van der Waals surface area contributed by atoms with Crippen LogP contribution in [0, 0.1) is 6.92 Å². The van der Waals surface area contributed by atoms with E-state index in [9.17, 15) is 4.79 Å². The van der Waals surface area contributed by atoms with E-state index in [4.69, 9.17) is 9.47 Å². The van der Waals surface area contributed by atoms with Crippen LogP contribution in [-0.2, 0) is 9.47 Å². The molecule has 1 aromatic heterocycles. The summed E-state index contributed by atoms with van der Waals surface area (Å²) in [5, 5.41) is 4.35. The fraction of sp³-hybridized carbons (Fsp3) is 0.714. The molecule has 1 aliphatic rings. The first-order chi connectivity index (χ1) is 9.13. The van der Waals surface area contributed by atoms with E-state index < -0.39 is 0 Å². The molecule has 5 heteroatoms. The minimum atomic E-state index is -0.314. The highest BCUT2D eigenvalue weighted by Gasteiger charge is 2.23. The summed E-state index contributed by atoms with van der Waals surface area (Å²) in [6, 6.07) is 0.444. The molecule has 5 nitrogen and oxygen atoms in total. The van der Waals surface area contributed by atoms with Crippen molar-refractivity contribution in [3.63, 3.8) is 0 Å². The largest absolute Gasteiger partial charge is 0.459 e. The molecule has 1 unspecified atom stereocenters. The fourth-order valence-electron chi connectivity index (χ4n) is 2.48. The summed E-state index contributed by atoms with van der Waals surface area (Å²) in [4.78, 5) is 12.0. The Labute approximate surface area is 113 Å². The second-order valence-corrected chi connectivity index (χ2v) is 5.17. The molecule has 1 aliphatic carbocycles. The van der Waals surface area contributed by atoms with E-state index in [1.54, 1.807) is 13.3 Å². The average molecular weight is 266 g/mol. The number of rotatable bonds is 5. The summed E-state index contributed by atoms with van der Waals surface area (Å²) in [6.45, 7) is 4.06. The molecule has 0 aliphatic heterocycles. The molecule has 2 rings (SSSR count). The minimum absolute atomic E-state index is 0.0888. The maximum atomic E-state index is 12.0. The third kappa shape index (κ3) is 3.15. The van der Waals surface area contributed by atoms with Crippen molar-refractivity contribution in [1.82, 2.24) is 9.78 Å². The number of carbonyl (C=O) groups excluding carboxylic acids is 1. The van der Waals surface area contributed by atoms with Crippen LogP contribution in [0.1, 0.15) is 54.7 Å². The molecular formula is C14H22N2O3. The van der Waals surface area contributed by atoms with Gasteiger partial charge in [0.05, 0.1) is 24.0 Å². The molecule has 0 spiro atoms.